The van der Waals surface area contributed by atoms with E-state index in [-0.39, 0.29) is 42.5 Å². The number of nitrogens with one attached hydrogen (secondary N) is 1. The number of ether oxygens (including phenoxy) is 1. The average molecular weight is 394 g/mol. The van der Waals surface area contributed by atoms with Crippen molar-refractivity contribution in [2.45, 2.75) is 38.2 Å². The molecule has 3 aliphatic rings. The first-order valence-corrected chi connectivity index (χ1v) is 9.64. The molecule has 1 unspecified atom stereocenters. The van der Waals surface area contributed by atoms with Gasteiger partial charge >= 0.3 is 0 Å². The lowest BCUT2D eigenvalue weighted by atomic mass is 10.1. The number of carbonyl (C=O) groups excluding carboxylic acids is 2. The minimum atomic E-state index is -2.70. The number of pyridine rings is 1. The van der Waals surface area contributed by atoms with Gasteiger partial charge in [0.25, 0.3) is 11.8 Å². The molecule has 7 nitrogen and oxygen atoms in total. The molecule has 3 heterocycles. The number of hydrogen-bond donors (Lipinski definition) is 1. The molecule has 0 aromatic carbocycles. The van der Waals surface area contributed by atoms with Crippen LogP contribution in [-0.2, 0) is 4.79 Å². The van der Waals surface area contributed by atoms with Gasteiger partial charge in [0.2, 0.25) is 11.8 Å². The lowest BCUT2D eigenvalue weighted by Gasteiger charge is -2.40. The van der Waals surface area contributed by atoms with E-state index in [0.717, 1.165) is 12.8 Å². The first-order chi connectivity index (χ1) is 13.3. The Labute approximate surface area is 162 Å². The van der Waals surface area contributed by atoms with Gasteiger partial charge in [-0.25, -0.2) is 13.8 Å². The first kappa shape index (κ1) is 18.9. The number of nitrogens with zero attached hydrogens (tertiary/aromatic N) is 3. The third kappa shape index (κ3) is 4.18. The standard InChI is InChI=1S/C19H24F2N4O3/c1-12(26)22-14-6-7-24(8-14)18(27)15-4-5-16(25-10-19(20,21)11-25)17(23-15)28-9-13-2-3-13/h4-5,13-14H,2-3,6-11H2,1H3,(H,22,26). The number of rotatable bonds is 6. The van der Waals surface area contributed by atoms with Gasteiger partial charge < -0.3 is 19.9 Å². The van der Waals surface area contributed by atoms with Gasteiger partial charge in [-0.1, -0.05) is 0 Å². The van der Waals surface area contributed by atoms with Crippen LogP contribution in [0.3, 0.4) is 0 Å². The monoisotopic (exact) mass is 394 g/mol. The Hall–Kier alpha value is -2.45. The number of hydrogen-bond acceptors (Lipinski definition) is 5. The number of amides is 2. The molecule has 1 atom stereocenters. The number of alkyl halides is 2. The van der Waals surface area contributed by atoms with E-state index in [1.165, 1.54) is 11.8 Å². The number of aromatic nitrogens is 1. The quantitative estimate of drug-likeness (QED) is 0.795. The molecular weight excluding hydrogens is 370 g/mol. The van der Waals surface area contributed by atoms with Crippen molar-refractivity contribution in [2.75, 3.05) is 37.7 Å². The van der Waals surface area contributed by atoms with Crippen LogP contribution >= 0.6 is 0 Å². The summed E-state index contributed by atoms with van der Waals surface area (Å²) >= 11 is 0. The second kappa shape index (κ2) is 7.18. The summed E-state index contributed by atoms with van der Waals surface area (Å²) < 4.78 is 32.3. The maximum absolute atomic E-state index is 13.3. The predicted octanol–water partition coefficient (Wildman–Crippen LogP) is 1.68. The molecule has 1 N–H and O–H groups in total. The molecule has 1 aliphatic carbocycles. The number of anilines is 1. The summed E-state index contributed by atoms with van der Waals surface area (Å²) in [4.78, 5) is 31.5. The van der Waals surface area contributed by atoms with Gasteiger partial charge in [-0.05, 0) is 37.3 Å². The molecule has 9 heteroatoms. The molecule has 0 radical (unpaired) electrons. The van der Waals surface area contributed by atoms with Gasteiger partial charge in [-0.15, -0.1) is 0 Å². The van der Waals surface area contributed by atoms with E-state index in [1.54, 1.807) is 17.0 Å². The number of carbonyl (C=O) groups is 2. The summed E-state index contributed by atoms with van der Waals surface area (Å²) in [5.74, 6) is -2.35. The molecular formula is C19H24F2N4O3. The average Bonchev–Trinajstić information content (AvgIpc) is 3.34. The van der Waals surface area contributed by atoms with Crippen LogP contribution in [0.15, 0.2) is 12.1 Å². The zero-order valence-electron chi connectivity index (χ0n) is 15.8. The Bertz CT molecular complexity index is 776. The Morgan fingerprint density at radius 1 is 1.29 bits per heavy atom. The van der Waals surface area contributed by atoms with Crippen molar-refractivity contribution in [2.24, 2.45) is 5.92 Å². The molecule has 2 amide bonds. The van der Waals surface area contributed by atoms with E-state index >= 15 is 0 Å². The van der Waals surface area contributed by atoms with Crippen molar-refractivity contribution in [3.05, 3.63) is 17.8 Å². The van der Waals surface area contributed by atoms with Crippen LogP contribution in [0.25, 0.3) is 0 Å². The fraction of sp³-hybridized carbons (Fsp3) is 0.632. The fourth-order valence-electron chi connectivity index (χ4n) is 3.57. The van der Waals surface area contributed by atoms with E-state index in [0.29, 0.717) is 37.7 Å². The summed E-state index contributed by atoms with van der Waals surface area (Å²) in [5, 5.41) is 2.82. The highest BCUT2D eigenvalue weighted by Gasteiger charge is 2.45. The summed E-state index contributed by atoms with van der Waals surface area (Å²) in [6.45, 7) is 2.16. The molecule has 0 spiro atoms. The summed E-state index contributed by atoms with van der Waals surface area (Å²) in [7, 11) is 0. The Balaban J connectivity index is 1.48. The van der Waals surface area contributed by atoms with Crippen molar-refractivity contribution in [1.82, 2.24) is 15.2 Å². The van der Waals surface area contributed by atoms with Crippen LogP contribution in [0.2, 0.25) is 0 Å². The second-order valence-electron chi connectivity index (χ2n) is 7.92. The highest BCUT2D eigenvalue weighted by Crippen LogP contribution is 2.38. The maximum Gasteiger partial charge on any atom is 0.282 e. The van der Waals surface area contributed by atoms with Crippen LogP contribution in [0, 0.1) is 5.92 Å². The first-order valence-electron chi connectivity index (χ1n) is 9.64. The Morgan fingerprint density at radius 3 is 2.68 bits per heavy atom. The Morgan fingerprint density at radius 2 is 2.04 bits per heavy atom. The minimum absolute atomic E-state index is 0.0605. The summed E-state index contributed by atoms with van der Waals surface area (Å²) in [6.07, 6.45) is 2.87. The van der Waals surface area contributed by atoms with Gasteiger partial charge in [0.1, 0.15) is 11.4 Å². The molecule has 3 fully saturated rings. The molecule has 2 saturated heterocycles. The Kier molecular flexibility index (Phi) is 4.84. The van der Waals surface area contributed by atoms with Crippen LogP contribution in [0.5, 0.6) is 5.88 Å². The minimum Gasteiger partial charge on any atom is -0.476 e. The number of likely N-dealkylation sites (tertiary alicyclic amines) is 1. The molecule has 28 heavy (non-hydrogen) atoms. The lowest BCUT2D eigenvalue weighted by Crippen LogP contribution is -2.56. The van der Waals surface area contributed by atoms with Gasteiger partial charge in [0, 0.05) is 26.1 Å². The zero-order chi connectivity index (χ0) is 19.9. The third-order valence-corrected chi connectivity index (χ3v) is 5.28. The van der Waals surface area contributed by atoms with Crippen LogP contribution < -0.4 is 15.0 Å². The van der Waals surface area contributed by atoms with Crippen LogP contribution in [-0.4, -0.2) is 66.4 Å². The van der Waals surface area contributed by atoms with E-state index in [2.05, 4.69) is 10.3 Å². The van der Waals surface area contributed by atoms with Crippen molar-refractivity contribution >= 4 is 17.5 Å². The van der Waals surface area contributed by atoms with Crippen molar-refractivity contribution in [3.63, 3.8) is 0 Å². The third-order valence-electron chi connectivity index (χ3n) is 5.28. The SMILES string of the molecule is CC(=O)NC1CCN(C(=O)c2ccc(N3CC(F)(F)C3)c(OCC3CC3)n2)C1. The van der Waals surface area contributed by atoms with Crippen molar-refractivity contribution in [1.29, 1.82) is 0 Å². The second-order valence-corrected chi connectivity index (χ2v) is 7.92. The molecule has 0 bridgehead atoms. The van der Waals surface area contributed by atoms with Crippen LogP contribution in [0.4, 0.5) is 14.5 Å². The predicted molar refractivity (Wildman–Crippen MR) is 97.7 cm³/mol. The molecule has 4 rings (SSSR count). The van der Waals surface area contributed by atoms with Crippen molar-refractivity contribution in [3.8, 4) is 5.88 Å². The fourth-order valence-corrected chi connectivity index (χ4v) is 3.57. The van der Waals surface area contributed by atoms with E-state index in [9.17, 15) is 18.4 Å². The molecule has 152 valence electrons. The molecule has 1 aromatic rings. The summed E-state index contributed by atoms with van der Waals surface area (Å²) in [6, 6.07) is 3.14. The summed E-state index contributed by atoms with van der Waals surface area (Å²) in [5.41, 5.74) is 0.728. The van der Waals surface area contributed by atoms with E-state index in [4.69, 9.17) is 4.74 Å². The normalized spacial score (nSPS) is 23.3. The molecule has 1 aromatic heterocycles. The van der Waals surface area contributed by atoms with Gasteiger partial charge in [-0.3, -0.25) is 9.59 Å². The highest BCUT2D eigenvalue weighted by molar-refractivity contribution is 5.93. The topological polar surface area (TPSA) is 74.8 Å². The van der Waals surface area contributed by atoms with Gasteiger partial charge in [0.05, 0.1) is 19.7 Å². The molecule has 1 saturated carbocycles. The highest BCUT2D eigenvalue weighted by atomic mass is 19.3. The maximum atomic E-state index is 13.3. The van der Waals surface area contributed by atoms with Crippen molar-refractivity contribution < 1.29 is 23.1 Å². The van der Waals surface area contributed by atoms with E-state index in [1.807, 2.05) is 0 Å². The number of halogens is 2. The zero-order valence-corrected chi connectivity index (χ0v) is 15.8. The lowest BCUT2D eigenvalue weighted by molar-refractivity contribution is -0.119. The van der Waals surface area contributed by atoms with E-state index < -0.39 is 5.92 Å². The molecule has 2 aliphatic heterocycles. The van der Waals surface area contributed by atoms with Gasteiger partial charge in [-0.2, -0.15) is 0 Å². The van der Waals surface area contributed by atoms with Gasteiger partial charge in [0.15, 0.2) is 0 Å². The van der Waals surface area contributed by atoms with Crippen LogP contribution in [0.1, 0.15) is 36.7 Å². The smallest absolute Gasteiger partial charge is 0.282 e. The largest absolute Gasteiger partial charge is 0.476 e.